The van der Waals surface area contributed by atoms with E-state index < -0.39 is 5.97 Å². The van der Waals surface area contributed by atoms with Gasteiger partial charge in [-0.15, -0.1) is 0 Å². The molecule has 1 atom stereocenters. The average Bonchev–Trinajstić information content (AvgIpc) is 1.82. The van der Waals surface area contributed by atoms with E-state index in [0.29, 0.717) is 0 Å². The Hall–Kier alpha value is -0.0500. The van der Waals surface area contributed by atoms with Crippen molar-refractivity contribution in [1.29, 1.82) is 0 Å². The highest BCUT2D eigenvalue weighted by Gasteiger charge is 2.08. The van der Waals surface area contributed by atoms with Gasteiger partial charge in [-0.1, -0.05) is 22.9 Å². The molecule has 0 spiro atoms. The first-order valence-electron chi connectivity index (χ1n) is 2.97. The summed E-state index contributed by atoms with van der Waals surface area (Å²) in [5.41, 5.74) is 0. The Labute approximate surface area is 63.4 Å². The minimum Gasteiger partial charge on any atom is -0.481 e. The van der Waals surface area contributed by atoms with Crippen molar-refractivity contribution in [2.24, 2.45) is 5.92 Å². The number of hydrogen-bond donors (Lipinski definition) is 1. The highest BCUT2D eigenvalue weighted by Crippen LogP contribution is 2.06. The lowest BCUT2D eigenvalue weighted by Gasteiger charge is -2.01. The zero-order valence-electron chi connectivity index (χ0n) is 5.43. The summed E-state index contributed by atoms with van der Waals surface area (Å²) >= 11 is 3.23. The molecule has 0 fully saturated rings. The zero-order valence-corrected chi connectivity index (χ0v) is 7.02. The van der Waals surface area contributed by atoms with Gasteiger partial charge in [0.1, 0.15) is 0 Å². The lowest BCUT2D eigenvalue weighted by Crippen LogP contribution is -2.08. The number of rotatable bonds is 4. The Morgan fingerprint density at radius 3 is 2.67 bits per heavy atom. The van der Waals surface area contributed by atoms with Gasteiger partial charge in [-0.05, 0) is 12.8 Å². The van der Waals surface area contributed by atoms with Gasteiger partial charge < -0.3 is 5.11 Å². The second-order valence-corrected chi connectivity index (χ2v) is 2.86. The molecule has 0 amide bonds. The minimum absolute atomic E-state index is 0.192. The maximum Gasteiger partial charge on any atom is 0.306 e. The molecule has 0 aromatic carbocycles. The largest absolute Gasteiger partial charge is 0.481 e. The SMILES string of the molecule is C[C@H](CCCBr)C(=O)O. The maximum atomic E-state index is 10.2. The molecule has 0 aliphatic rings. The summed E-state index contributed by atoms with van der Waals surface area (Å²) in [7, 11) is 0. The van der Waals surface area contributed by atoms with Gasteiger partial charge >= 0.3 is 5.97 Å². The summed E-state index contributed by atoms with van der Waals surface area (Å²) in [6.45, 7) is 1.73. The standard InChI is InChI=1S/C6H11BrO2/c1-5(6(8)9)3-2-4-7/h5H,2-4H2,1H3,(H,8,9)/t5-/m1/s1. The van der Waals surface area contributed by atoms with Gasteiger partial charge in [-0.3, -0.25) is 4.79 Å². The number of aliphatic carboxylic acids is 1. The van der Waals surface area contributed by atoms with Crippen LogP contribution in [0.4, 0.5) is 0 Å². The summed E-state index contributed by atoms with van der Waals surface area (Å²) in [5.74, 6) is -0.890. The van der Waals surface area contributed by atoms with Crippen LogP contribution in [0.5, 0.6) is 0 Å². The van der Waals surface area contributed by atoms with Gasteiger partial charge in [0.05, 0.1) is 5.92 Å². The number of carboxylic acid groups (broad SMARTS) is 1. The van der Waals surface area contributed by atoms with Gasteiger partial charge in [0.25, 0.3) is 0 Å². The van der Waals surface area contributed by atoms with E-state index in [0.717, 1.165) is 18.2 Å². The molecule has 0 aromatic heterocycles. The molecule has 0 radical (unpaired) electrons. The highest BCUT2D eigenvalue weighted by atomic mass is 79.9. The van der Waals surface area contributed by atoms with E-state index in [1.54, 1.807) is 6.92 Å². The zero-order chi connectivity index (χ0) is 7.28. The van der Waals surface area contributed by atoms with E-state index >= 15 is 0 Å². The van der Waals surface area contributed by atoms with Crippen molar-refractivity contribution in [2.45, 2.75) is 19.8 Å². The molecule has 0 bridgehead atoms. The first-order valence-corrected chi connectivity index (χ1v) is 4.09. The molecule has 9 heavy (non-hydrogen) atoms. The van der Waals surface area contributed by atoms with Crippen molar-refractivity contribution in [2.75, 3.05) is 5.33 Å². The van der Waals surface area contributed by atoms with Crippen molar-refractivity contribution in [3.8, 4) is 0 Å². The molecule has 0 aliphatic heterocycles. The molecule has 0 saturated heterocycles. The predicted molar refractivity (Wildman–Crippen MR) is 39.8 cm³/mol. The lowest BCUT2D eigenvalue weighted by atomic mass is 10.1. The quantitative estimate of drug-likeness (QED) is 0.695. The maximum absolute atomic E-state index is 10.2. The smallest absolute Gasteiger partial charge is 0.306 e. The number of hydrogen-bond acceptors (Lipinski definition) is 1. The van der Waals surface area contributed by atoms with Crippen molar-refractivity contribution < 1.29 is 9.90 Å². The molecule has 0 saturated carbocycles. The van der Waals surface area contributed by atoms with Crippen LogP contribution in [0.1, 0.15) is 19.8 Å². The molecule has 0 unspecified atom stereocenters. The van der Waals surface area contributed by atoms with Gasteiger partial charge in [-0.2, -0.15) is 0 Å². The predicted octanol–water partition coefficient (Wildman–Crippen LogP) is 1.88. The van der Waals surface area contributed by atoms with Crippen LogP contribution in [0.25, 0.3) is 0 Å². The first-order chi connectivity index (χ1) is 4.18. The van der Waals surface area contributed by atoms with E-state index in [4.69, 9.17) is 5.11 Å². The molecule has 0 heterocycles. The molecular weight excluding hydrogens is 184 g/mol. The van der Waals surface area contributed by atoms with Gasteiger partial charge in [0.15, 0.2) is 0 Å². The summed E-state index contributed by atoms with van der Waals surface area (Å²) in [6.07, 6.45) is 1.70. The van der Waals surface area contributed by atoms with Crippen LogP contribution in [-0.4, -0.2) is 16.4 Å². The number of halogens is 1. The third-order valence-electron chi connectivity index (χ3n) is 1.19. The van der Waals surface area contributed by atoms with Gasteiger partial charge in [0, 0.05) is 5.33 Å². The molecular formula is C6H11BrO2. The second-order valence-electron chi connectivity index (χ2n) is 2.07. The van der Waals surface area contributed by atoms with E-state index in [1.165, 1.54) is 0 Å². The van der Waals surface area contributed by atoms with E-state index in [1.807, 2.05) is 0 Å². The monoisotopic (exact) mass is 194 g/mol. The lowest BCUT2D eigenvalue weighted by molar-refractivity contribution is -0.141. The fourth-order valence-electron chi connectivity index (χ4n) is 0.507. The normalized spacial score (nSPS) is 13.1. The van der Waals surface area contributed by atoms with Gasteiger partial charge in [0.2, 0.25) is 0 Å². The molecule has 1 N–H and O–H groups in total. The average molecular weight is 195 g/mol. The Balaban J connectivity index is 3.27. The first kappa shape index (κ1) is 8.95. The number of alkyl halides is 1. The summed E-state index contributed by atoms with van der Waals surface area (Å²) in [6, 6.07) is 0. The van der Waals surface area contributed by atoms with E-state index in [9.17, 15) is 4.79 Å². The second kappa shape index (κ2) is 4.79. The van der Waals surface area contributed by atoms with Crippen molar-refractivity contribution in [3.63, 3.8) is 0 Å². The van der Waals surface area contributed by atoms with Crippen LogP contribution in [0, 0.1) is 5.92 Å². The van der Waals surface area contributed by atoms with Crippen LogP contribution in [-0.2, 0) is 4.79 Å². The van der Waals surface area contributed by atoms with Crippen LogP contribution in [0.2, 0.25) is 0 Å². The Morgan fingerprint density at radius 1 is 1.78 bits per heavy atom. The number of carboxylic acids is 1. The molecule has 0 aromatic rings. The van der Waals surface area contributed by atoms with E-state index in [-0.39, 0.29) is 5.92 Å². The molecule has 2 nitrogen and oxygen atoms in total. The number of carbonyl (C=O) groups is 1. The van der Waals surface area contributed by atoms with Gasteiger partial charge in [-0.25, -0.2) is 0 Å². The van der Waals surface area contributed by atoms with Crippen molar-refractivity contribution in [1.82, 2.24) is 0 Å². The van der Waals surface area contributed by atoms with Crippen molar-refractivity contribution >= 4 is 21.9 Å². The molecule has 0 rings (SSSR count). The third-order valence-corrected chi connectivity index (χ3v) is 1.75. The minimum atomic E-state index is -0.698. The third kappa shape index (κ3) is 4.45. The highest BCUT2D eigenvalue weighted by molar-refractivity contribution is 9.09. The van der Waals surface area contributed by atoms with Crippen LogP contribution in [0.3, 0.4) is 0 Å². The fraction of sp³-hybridized carbons (Fsp3) is 0.833. The molecule has 0 aliphatic carbocycles. The Morgan fingerprint density at radius 2 is 2.33 bits per heavy atom. The topological polar surface area (TPSA) is 37.3 Å². The summed E-state index contributed by atoms with van der Waals surface area (Å²) in [5, 5.41) is 9.29. The molecule has 54 valence electrons. The van der Waals surface area contributed by atoms with Crippen LogP contribution < -0.4 is 0 Å². The fourth-order valence-corrected chi connectivity index (χ4v) is 0.831. The molecule has 3 heteroatoms. The van der Waals surface area contributed by atoms with Crippen molar-refractivity contribution in [3.05, 3.63) is 0 Å². The van der Waals surface area contributed by atoms with Crippen LogP contribution in [0.15, 0.2) is 0 Å². The van der Waals surface area contributed by atoms with Crippen LogP contribution >= 0.6 is 15.9 Å². The summed E-state index contributed by atoms with van der Waals surface area (Å²) in [4.78, 5) is 10.2. The Bertz CT molecular complexity index is 93.1. The van der Waals surface area contributed by atoms with E-state index in [2.05, 4.69) is 15.9 Å². The summed E-state index contributed by atoms with van der Waals surface area (Å²) < 4.78 is 0. The Kier molecular flexibility index (Phi) is 4.77.